The third kappa shape index (κ3) is 3.56. The molecule has 0 fully saturated rings. The minimum atomic E-state index is 0.807. The lowest BCUT2D eigenvalue weighted by Gasteiger charge is -2.03. The number of rotatable bonds is 6. The highest BCUT2D eigenvalue weighted by molar-refractivity contribution is 7.09. The molecule has 2 aromatic heterocycles. The molecule has 1 N–H and O–H groups in total. The van der Waals surface area contributed by atoms with Gasteiger partial charge < -0.3 is 9.88 Å². The molecule has 3 rings (SSSR count). The minimum Gasteiger partial charge on any atom is -0.338 e. The van der Waals surface area contributed by atoms with Gasteiger partial charge in [0.1, 0.15) is 10.8 Å². The minimum absolute atomic E-state index is 0.807. The predicted molar refractivity (Wildman–Crippen MR) is 86.2 cm³/mol. The zero-order valence-corrected chi connectivity index (χ0v) is 12.8. The van der Waals surface area contributed by atoms with E-state index in [0.29, 0.717) is 0 Å². The van der Waals surface area contributed by atoms with Gasteiger partial charge in [-0.3, -0.25) is 0 Å². The van der Waals surface area contributed by atoms with Gasteiger partial charge in [0.25, 0.3) is 0 Å². The van der Waals surface area contributed by atoms with E-state index in [1.165, 1.54) is 5.56 Å². The molecule has 0 saturated carbocycles. The van der Waals surface area contributed by atoms with Crippen LogP contribution in [0.25, 0.3) is 11.3 Å². The smallest absolute Gasteiger partial charge is 0.109 e. The Morgan fingerprint density at radius 2 is 2.10 bits per heavy atom. The van der Waals surface area contributed by atoms with E-state index in [9.17, 15) is 0 Å². The highest BCUT2D eigenvalue weighted by Gasteiger charge is 2.04. The monoisotopic (exact) mass is 298 g/mol. The van der Waals surface area contributed by atoms with Gasteiger partial charge in [-0.2, -0.15) is 0 Å². The SMILES string of the molecule is Cn1ccnc1CCNCc1nc(-c2ccccc2)cs1. The van der Waals surface area contributed by atoms with Gasteiger partial charge in [-0.1, -0.05) is 30.3 Å². The van der Waals surface area contributed by atoms with Crippen LogP contribution in [0.3, 0.4) is 0 Å². The lowest BCUT2D eigenvalue weighted by Crippen LogP contribution is -2.18. The third-order valence-corrected chi connectivity index (χ3v) is 4.19. The average Bonchev–Trinajstić information content (AvgIpc) is 3.14. The van der Waals surface area contributed by atoms with E-state index in [0.717, 1.165) is 36.0 Å². The zero-order chi connectivity index (χ0) is 14.5. The Morgan fingerprint density at radius 3 is 2.86 bits per heavy atom. The summed E-state index contributed by atoms with van der Waals surface area (Å²) in [6.45, 7) is 1.72. The second-order valence-corrected chi connectivity index (χ2v) is 5.82. The quantitative estimate of drug-likeness (QED) is 0.712. The van der Waals surface area contributed by atoms with Gasteiger partial charge in [-0.05, 0) is 0 Å². The summed E-state index contributed by atoms with van der Waals surface area (Å²) in [6.07, 6.45) is 4.74. The summed E-state index contributed by atoms with van der Waals surface area (Å²) in [5.74, 6) is 1.10. The van der Waals surface area contributed by atoms with Gasteiger partial charge in [0.05, 0.1) is 5.69 Å². The van der Waals surface area contributed by atoms with Crippen LogP contribution in [0.2, 0.25) is 0 Å². The maximum atomic E-state index is 4.67. The lowest BCUT2D eigenvalue weighted by molar-refractivity contribution is 0.653. The molecule has 0 radical (unpaired) electrons. The molecule has 3 aromatic rings. The van der Waals surface area contributed by atoms with E-state index in [1.54, 1.807) is 11.3 Å². The fourth-order valence-electron chi connectivity index (χ4n) is 2.17. The van der Waals surface area contributed by atoms with Crippen LogP contribution in [0.5, 0.6) is 0 Å². The normalized spacial score (nSPS) is 10.9. The number of thiazole rings is 1. The maximum Gasteiger partial charge on any atom is 0.109 e. The van der Waals surface area contributed by atoms with E-state index in [4.69, 9.17) is 0 Å². The molecule has 21 heavy (non-hydrogen) atoms. The molecule has 5 heteroatoms. The Balaban J connectivity index is 1.50. The van der Waals surface area contributed by atoms with Gasteiger partial charge in [-0.25, -0.2) is 9.97 Å². The summed E-state index contributed by atoms with van der Waals surface area (Å²) in [5, 5.41) is 6.66. The van der Waals surface area contributed by atoms with Crippen molar-refractivity contribution in [3.8, 4) is 11.3 Å². The molecular weight excluding hydrogens is 280 g/mol. The van der Waals surface area contributed by atoms with Crippen LogP contribution >= 0.6 is 11.3 Å². The summed E-state index contributed by atoms with van der Waals surface area (Å²) < 4.78 is 2.05. The number of imidazole rings is 1. The highest BCUT2D eigenvalue weighted by atomic mass is 32.1. The first-order chi connectivity index (χ1) is 10.3. The summed E-state index contributed by atoms with van der Waals surface area (Å²) in [7, 11) is 2.02. The van der Waals surface area contributed by atoms with E-state index in [-0.39, 0.29) is 0 Å². The molecule has 0 bridgehead atoms. The van der Waals surface area contributed by atoms with Crippen molar-refractivity contribution < 1.29 is 0 Å². The number of hydrogen-bond acceptors (Lipinski definition) is 4. The van der Waals surface area contributed by atoms with Gasteiger partial charge >= 0.3 is 0 Å². The number of hydrogen-bond donors (Lipinski definition) is 1. The Morgan fingerprint density at radius 1 is 1.24 bits per heavy atom. The highest BCUT2D eigenvalue weighted by Crippen LogP contribution is 2.21. The molecule has 108 valence electrons. The van der Waals surface area contributed by atoms with Crippen LogP contribution in [0, 0.1) is 0 Å². The Hall–Kier alpha value is -1.98. The van der Waals surface area contributed by atoms with Crippen molar-refractivity contribution in [2.45, 2.75) is 13.0 Å². The fraction of sp³-hybridized carbons (Fsp3) is 0.250. The topological polar surface area (TPSA) is 42.7 Å². The molecule has 2 heterocycles. The van der Waals surface area contributed by atoms with Gasteiger partial charge in [0.2, 0.25) is 0 Å². The Kier molecular flexibility index (Phi) is 4.43. The van der Waals surface area contributed by atoms with E-state index in [2.05, 4.69) is 37.4 Å². The third-order valence-electron chi connectivity index (χ3n) is 3.34. The zero-order valence-electron chi connectivity index (χ0n) is 12.0. The number of benzene rings is 1. The molecule has 0 amide bonds. The summed E-state index contributed by atoms with van der Waals surface area (Å²) >= 11 is 1.70. The Bertz CT molecular complexity index is 687. The number of aryl methyl sites for hydroxylation is 1. The van der Waals surface area contributed by atoms with E-state index in [1.807, 2.05) is 37.6 Å². The summed E-state index contributed by atoms with van der Waals surface area (Å²) in [6, 6.07) is 10.3. The van der Waals surface area contributed by atoms with Crippen molar-refractivity contribution >= 4 is 11.3 Å². The first kappa shape index (κ1) is 14.0. The average molecular weight is 298 g/mol. The largest absolute Gasteiger partial charge is 0.338 e. The molecule has 0 unspecified atom stereocenters. The lowest BCUT2D eigenvalue weighted by atomic mass is 10.2. The van der Waals surface area contributed by atoms with E-state index >= 15 is 0 Å². The summed E-state index contributed by atoms with van der Waals surface area (Å²) in [4.78, 5) is 8.98. The molecular formula is C16H18N4S. The standard InChI is InChI=1S/C16H18N4S/c1-20-10-9-18-15(20)7-8-17-11-16-19-14(12-21-16)13-5-3-2-4-6-13/h2-6,9-10,12,17H,7-8,11H2,1H3. The second-order valence-electron chi connectivity index (χ2n) is 4.87. The van der Waals surface area contributed by atoms with Gasteiger partial charge in [0, 0.05) is 49.9 Å². The van der Waals surface area contributed by atoms with Gasteiger partial charge in [0.15, 0.2) is 0 Å². The van der Waals surface area contributed by atoms with Crippen molar-refractivity contribution in [3.63, 3.8) is 0 Å². The fourth-order valence-corrected chi connectivity index (χ4v) is 2.94. The van der Waals surface area contributed by atoms with Crippen LogP contribution in [0.4, 0.5) is 0 Å². The second kappa shape index (κ2) is 6.65. The molecule has 0 atom stereocenters. The number of nitrogens with one attached hydrogen (secondary N) is 1. The molecule has 0 aliphatic carbocycles. The van der Waals surface area contributed by atoms with Crippen LogP contribution in [-0.2, 0) is 20.0 Å². The molecule has 0 spiro atoms. The maximum absolute atomic E-state index is 4.67. The Labute approximate surface area is 128 Å². The predicted octanol–water partition coefficient (Wildman–Crippen LogP) is 2.88. The van der Waals surface area contributed by atoms with Crippen molar-refractivity contribution in [1.82, 2.24) is 19.9 Å². The van der Waals surface area contributed by atoms with Crippen LogP contribution < -0.4 is 5.32 Å². The number of nitrogens with zero attached hydrogens (tertiary/aromatic N) is 3. The van der Waals surface area contributed by atoms with Crippen LogP contribution in [-0.4, -0.2) is 21.1 Å². The van der Waals surface area contributed by atoms with Crippen molar-refractivity contribution in [2.24, 2.45) is 7.05 Å². The number of aromatic nitrogens is 3. The van der Waals surface area contributed by atoms with Crippen molar-refractivity contribution in [1.29, 1.82) is 0 Å². The molecule has 4 nitrogen and oxygen atoms in total. The molecule has 0 saturated heterocycles. The molecule has 0 aliphatic rings. The van der Waals surface area contributed by atoms with Gasteiger partial charge in [-0.15, -0.1) is 11.3 Å². The first-order valence-electron chi connectivity index (χ1n) is 6.99. The first-order valence-corrected chi connectivity index (χ1v) is 7.87. The molecule has 0 aliphatic heterocycles. The van der Waals surface area contributed by atoms with Crippen LogP contribution in [0.1, 0.15) is 10.8 Å². The summed E-state index contributed by atoms with van der Waals surface area (Å²) in [5.41, 5.74) is 2.23. The van der Waals surface area contributed by atoms with E-state index < -0.39 is 0 Å². The van der Waals surface area contributed by atoms with Crippen LogP contribution in [0.15, 0.2) is 48.1 Å². The van der Waals surface area contributed by atoms with Crippen molar-refractivity contribution in [3.05, 3.63) is 58.9 Å². The van der Waals surface area contributed by atoms with Crippen molar-refractivity contribution in [2.75, 3.05) is 6.54 Å². The molecule has 1 aromatic carbocycles.